The van der Waals surface area contributed by atoms with Crippen molar-refractivity contribution in [3.63, 3.8) is 0 Å². The van der Waals surface area contributed by atoms with E-state index in [1.165, 1.54) is 0 Å². The van der Waals surface area contributed by atoms with Gasteiger partial charge in [-0.3, -0.25) is 9.59 Å². The predicted octanol–water partition coefficient (Wildman–Crippen LogP) is 0.735. The molecule has 0 aliphatic carbocycles. The number of nitrogens with zero attached hydrogens (tertiary/aromatic N) is 1. The van der Waals surface area contributed by atoms with Crippen LogP contribution < -0.4 is 0 Å². The van der Waals surface area contributed by atoms with Crippen LogP contribution in [0.4, 0.5) is 0 Å². The fourth-order valence-corrected chi connectivity index (χ4v) is 2.61. The number of carboxylic acids is 1. The predicted molar refractivity (Wildman–Crippen MR) is 60.5 cm³/mol. The van der Waals surface area contributed by atoms with Gasteiger partial charge < -0.3 is 14.7 Å². The standard InChI is InChI=1S/C12H19NO4/c1-8-6-13(7-9(8)12(15)16)11(14)10-4-2-3-5-17-10/h8-10H,2-7H2,1H3,(H,15,16). The molecule has 0 aromatic heterocycles. The lowest BCUT2D eigenvalue weighted by Crippen LogP contribution is -2.41. The van der Waals surface area contributed by atoms with Crippen LogP contribution in [0, 0.1) is 11.8 Å². The highest BCUT2D eigenvalue weighted by molar-refractivity contribution is 5.82. The van der Waals surface area contributed by atoms with Gasteiger partial charge >= 0.3 is 5.97 Å². The van der Waals surface area contributed by atoms with Crippen molar-refractivity contribution in [1.82, 2.24) is 4.90 Å². The van der Waals surface area contributed by atoms with E-state index in [-0.39, 0.29) is 17.9 Å². The van der Waals surface area contributed by atoms with Crippen molar-refractivity contribution in [1.29, 1.82) is 0 Å². The molecule has 2 aliphatic rings. The number of carbonyl (C=O) groups is 2. The number of ether oxygens (including phenoxy) is 1. The van der Waals surface area contributed by atoms with Crippen LogP contribution in [0.2, 0.25) is 0 Å². The lowest BCUT2D eigenvalue weighted by atomic mass is 9.99. The van der Waals surface area contributed by atoms with Gasteiger partial charge in [0.2, 0.25) is 0 Å². The van der Waals surface area contributed by atoms with Crippen LogP contribution in [-0.4, -0.2) is 47.7 Å². The van der Waals surface area contributed by atoms with Gasteiger partial charge in [0.15, 0.2) is 0 Å². The summed E-state index contributed by atoms with van der Waals surface area (Å²) in [6.07, 6.45) is 2.45. The summed E-state index contributed by atoms with van der Waals surface area (Å²) < 4.78 is 5.44. The molecule has 2 aliphatic heterocycles. The number of aliphatic carboxylic acids is 1. The van der Waals surface area contributed by atoms with Crippen molar-refractivity contribution in [2.24, 2.45) is 11.8 Å². The Morgan fingerprint density at radius 2 is 2.06 bits per heavy atom. The average molecular weight is 241 g/mol. The zero-order chi connectivity index (χ0) is 12.4. The molecule has 1 N–H and O–H groups in total. The Hall–Kier alpha value is -1.10. The second kappa shape index (κ2) is 5.04. The molecule has 2 rings (SSSR count). The highest BCUT2D eigenvalue weighted by atomic mass is 16.5. The molecule has 0 saturated carbocycles. The summed E-state index contributed by atoms with van der Waals surface area (Å²) in [6.45, 7) is 3.39. The van der Waals surface area contributed by atoms with Crippen molar-refractivity contribution in [2.45, 2.75) is 32.3 Å². The Kier molecular flexibility index (Phi) is 3.66. The van der Waals surface area contributed by atoms with Crippen LogP contribution in [0.1, 0.15) is 26.2 Å². The topological polar surface area (TPSA) is 66.8 Å². The van der Waals surface area contributed by atoms with Crippen LogP contribution in [0.25, 0.3) is 0 Å². The molecule has 3 atom stereocenters. The van der Waals surface area contributed by atoms with E-state index in [0.29, 0.717) is 19.7 Å². The number of amides is 1. The molecule has 0 radical (unpaired) electrons. The van der Waals surface area contributed by atoms with E-state index in [4.69, 9.17) is 9.84 Å². The van der Waals surface area contributed by atoms with E-state index in [1.54, 1.807) is 4.90 Å². The van der Waals surface area contributed by atoms with E-state index < -0.39 is 11.9 Å². The molecule has 0 spiro atoms. The molecule has 2 fully saturated rings. The molecule has 5 nitrogen and oxygen atoms in total. The van der Waals surface area contributed by atoms with Gasteiger partial charge in [-0.2, -0.15) is 0 Å². The summed E-state index contributed by atoms with van der Waals surface area (Å²) in [7, 11) is 0. The van der Waals surface area contributed by atoms with Gasteiger partial charge in [-0.05, 0) is 25.2 Å². The molecule has 0 aromatic carbocycles. The second-order valence-corrected chi connectivity index (χ2v) is 5.02. The van der Waals surface area contributed by atoms with Crippen LogP contribution in [0.15, 0.2) is 0 Å². The van der Waals surface area contributed by atoms with Crippen molar-refractivity contribution in [2.75, 3.05) is 19.7 Å². The third kappa shape index (κ3) is 2.60. The zero-order valence-corrected chi connectivity index (χ0v) is 10.1. The molecular weight excluding hydrogens is 222 g/mol. The van der Waals surface area contributed by atoms with Gasteiger partial charge in [0.25, 0.3) is 5.91 Å². The minimum absolute atomic E-state index is 0.0275. The van der Waals surface area contributed by atoms with Gasteiger partial charge in [-0.1, -0.05) is 6.92 Å². The minimum atomic E-state index is -0.808. The van der Waals surface area contributed by atoms with Crippen molar-refractivity contribution in [3.05, 3.63) is 0 Å². The van der Waals surface area contributed by atoms with Crippen LogP contribution >= 0.6 is 0 Å². The summed E-state index contributed by atoms with van der Waals surface area (Å²) in [5, 5.41) is 9.02. The van der Waals surface area contributed by atoms with Crippen molar-refractivity contribution >= 4 is 11.9 Å². The normalized spacial score (nSPS) is 33.7. The maximum Gasteiger partial charge on any atom is 0.308 e. The first kappa shape index (κ1) is 12.4. The maximum atomic E-state index is 12.1. The number of rotatable bonds is 2. The molecule has 2 saturated heterocycles. The van der Waals surface area contributed by atoms with E-state index in [0.717, 1.165) is 19.3 Å². The lowest BCUT2D eigenvalue weighted by Gasteiger charge is -2.26. The summed E-state index contributed by atoms with van der Waals surface area (Å²) in [5.41, 5.74) is 0. The van der Waals surface area contributed by atoms with Gasteiger partial charge in [-0.15, -0.1) is 0 Å². The minimum Gasteiger partial charge on any atom is -0.481 e. The third-order valence-corrected chi connectivity index (χ3v) is 3.70. The Morgan fingerprint density at radius 3 is 2.59 bits per heavy atom. The fourth-order valence-electron chi connectivity index (χ4n) is 2.61. The summed E-state index contributed by atoms with van der Waals surface area (Å²) >= 11 is 0. The number of hydrogen-bond donors (Lipinski definition) is 1. The quantitative estimate of drug-likeness (QED) is 0.774. The van der Waals surface area contributed by atoms with Crippen LogP contribution in [0.3, 0.4) is 0 Å². The Labute approximate surface area is 101 Å². The molecule has 17 heavy (non-hydrogen) atoms. The van der Waals surface area contributed by atoms with E-state index >= 15 is 0 Å². The Morgan fingerprint density at radius 1 is 1.29 bits per heavy atom. The molecule has 3 unspecified atom stereocenters. The summed E-state index contributed by atoms with van der Waals surface area (Å²) in [6, 6.07) is 0. The van der Waals surface area contributed by atoms with Crippen LogP contribution in [0.5, 0.6) is 0 Å². The van der Waals surface area contributed by atoms with E-state index in [9.17, 15) is 9.59 Å². The smallest absolute Gasteiger partial charge is 0.308 e. The Balaban J connectivity index is 1.94. The molecule has 2 heterocycles. The van der Waals surface area contributed by atoms with Gasteiger partial charge in [0.05, 0.1) is 5.92 Å². The Bertz CT molecular complexity index is 312. The van der Waals surface area contributed by atoms with E-state index in [2.05, 4.69) is 0 Å². The lowest BCUT2D eigenvalue weighted by molar-refractivity contribution is -0.146. The van der Waals surface area contributed by atoms with Crippen molar-refractivity contribution < 1.29 is 19.4 Å². The molecular formula is C12H19NO4. The number of likely N-dealkylation sites (tertiary alicyclic amines) is 1. The molecule has 0 bridgehead atoms. The molecule has 96 valence electrons. The molecule has 5 heteroatoms. The first-order valence-electron chi connectivity index (χ1n) is 6.23. The number of hydrogen-bond acceptors (Lipinski definition) is 3. The third-order valence-electron chi connectivity index (χ3n) is 3.70. The van der Waals surface area contributed by atoms with Gasteiger partial charge in [0.1, 0.15) is 6.10 Å². The zero-order valence-electron chi connectivity index (χ0n) is 10.1. The van der Waals surface area contributed by atoms with Crippen LogP contribution in [-0.2, 0) is 14.3 Å². The SMILES string of the molecule is CC1CN(C(=O)C2CCCCO2)CC1C(=O)O. The number of carboxylic acid groups (broad SMARTS) is 1. The van der Waals surface area contributed by atoms with E-state index in [1.807, 2.05) is 6.92 Å². The largest absolute Gasteiger partial charge is 0.481 e. The first-order valence-corrected chi connectivity index (χ1v) is 6.23. The monoisotopic (exact) mass is 241 g/mol. The average Bonchev–Trinajstić information content (AvgIpc) is 2.71. The number of carbonyl (C=O) groups excluding carboxylic acids is 1. The molecule has 1 amide bonds. The fraction of sp³-hybridized carbons (Fsp3) is 0.833. The van der Waals surface area contributed by atoms with Gasteiger partial charge in [-0.25, -0.2) is 0 Å². The highest BCUT2D eigenvalue weighted by Gasteiger charge is 2.39. The highest BCUT2D eigenvalue weighted by Crippen LogP contribution is 2.25. The summed E-state index contributed by atoms with van der Waals surface area (Å²) in [4.78, 5) is 24.8. The first-order chi connectivity index (χ1) is 8.09. The van der Waals surface area contributed by atoms with Gasteiger partial charge in [0, 0.05) is 19.7 Å². The maximum absolute atomic E-state index is 12.1. The van der Waals surface area contributed by atoms with Crippen molar-refractivity contribution in [3.8, 4) is 0 Å². The second-order valence-electron chi connectivity index (χ2n) is 5.02. The summed E-state index contributed by atoms with van der Waals surface area (Å²) in [5.74, 6) is -1.24. The molecule has 0 aromatic rings.